The molecule has 0 saturated heterocycles. The molecule has 1 unspecified atom stereocenters. The number of amides is 1. The average Bonchev–Trinajstić information content (AvgIpc) is 2.66. The second-order valence-corrected chi connectivity index (χ2v) is 4.36. The van der Waals surface area contributed by atoms with Crippen molar-refractivity contribution in [1.29, 1.82) is 0 Å². The molecule has 2 N–H and O–H groups in total. The standard InChI is InChI=1S/C11H20N4O/c1-5-6-8(4)12-11(16)10-13-9(7(2)3)14-15-10/h7-8H,5-6H2,1-4H3,(H,12,16)(H,13,14,15). The van der Waals surface area contributed by atoms with Crippen LogP contribution in [0.1, 0.15) is 62.9 Å². The molecule has 1 heterocycles. The smallest absolute Gasteiger partial charge is 0.291 e. The lowest BCUT2D eigenvalue weighted by Gasteiger charge is -2.10. The van der Waals surface area contributed by atoms with Gasteiger partial charge in [-0.3, -0.25) is 9.89 Å². The minimum absolute atomic E-state index is 0.165. The topological polar surface area (TPSA) is 70.7 Å². The van der Waals surface area contributed by atoms with Gasteiger partial charge in [0.05, 0.1) is 0 Å². The van der Waals surface area contributed by atoms with E-state index in [0.29, 0.717) is 0 Å². The maximum Gasteiger partial charge on any atom is 0.291 e. The Bertz CT molecular complexity index is 346. The molecule has 5 heteroatoms. The third-order valence-electron chi connectivity index (χ3n) is 2.35. The Labute approximate surface area is 96.0 Å². The number of aromatic amines is 1. The molecule has 1 amide bonds. The van der Waals surface area contributed by atoms with Crippen molar-refractivity contribution in [1.82, 2.24) is 20.5 Å². The van der Waals surface area contributed by atoms with Crippen LogP contribution in [0.25, 0.3) is 0 Å². The third-order valence-corrected chi connectivity index (χ3v) is 2.35. The molecule has 0 spiro atoms. The molecule has 5 nitrogen and oxygen atoms in total. The highest BCUT2D eigenvalue weighted by atomic mass is 16.2. The summed E-state index contributed by atoms with van der Waals surface area (Å²) in [5.41, 5.74) is 0. The summed E-state index contributed by atoms with van der Waals surface area (Å²) in [5.74, 6) is 1.02. The van der Waals surface area contributed by atoms with Crippen LogP contribution in [0.3, 0.4) is 0 Å². The van der Waals surface area contributed by atoms with Crippen molar-refractivity contribution < 1.29 is 4.79 Å². The fourth-order valence-corrected chi connectivity index (χ4v) is 1.43. The Balaban J connectivity index is 2.59. The molecule has 0 saturated carbocycles. The summed E-state index contributed by atoms with van der Waals surface area (Å²) in [5, 5.41) is 9.54. The van der Waals surface area contributed by atoms with E-state index < -0.39 is 0 Å². The molecule has 1 aromatic rings. The van der Waals surface area contributed by atoms with Gasteiger partial charge in [0.25, 0.3) is 5.91 Å². The normalized spacial score (nSPS) is 12.8. The maximum atomic E-state index is 11.7. The number of nitrogens with one attached hydrogen (secondary N) is 2. The van der Waals surface area contributed by atoms with E-state index in [1.807, 2.05) is 20.8 Å². The Hall–Kier alpha value is -1.39. The highest BCUT2D eigenvalue weighted by Gasteiger charge is 2.15. The van der Waals surface area contributed by atoms with E-state index in [4.69, 9.17) is 0 Å². The molecule has 1 rings (SSSR count). The van der Waals surface area contributed by atoms with Gasteiger partial charge in [-0.2, -0.15) is 0 Å². The van der Waals surface area contributed by atoms with Crippen molar-refractivity contribution in [2.75, 3.05) is 0 Å². The first-order chi connectivity index (χ1) is 7.54. The van der Waals surface area contributed by atoms with Gasteiger partial charge in [0.15, 0.2) is 0 Å². The molecule has 0 radical (unpaired) electrons. The molecule has 0 bridgehead atoms. The van der Waals surface area contributed by atoms with E-state index in [1.54, 1.807) is 0 Å². The number of hydrogen-bond acceptors (Lipinski definition) is 3. The zero-order chi connectivity index (χ0) is 12.1. The van der Waals surface area contributed by atoms with E-state index in [0.717, 1.165) is 18.7 Å². The summed E-state index contributed by atoms with van der Waals surface area (Å²) in [6, 6.07) is 0.165. The molecule has 1 aromatic heterocycles. The largest absolute Gasteiger partial charge is 0.347 e. The predicted octanol–water partition coefficient (Wildman–Crippen LogP) is 1.85. The Morgan fingerprint density at radius 2 is 2.12 bits per heavy atom. The summed E-state index contributed by atoms with van der Waals surface area (Å²) in [4.78, 5) is 15.9. The predicted molar refractivity (Wildman–Crippen MR) is 62.3 cm³/mol. The minimum atomic E-state index is -0.205. The first-order valence-electron chi connectivity index (χ1n) is 5.77. The fraction of sp³-hybridized carbons (Fsp3) is 0.727. The second-order valence-electron chi connectivity index (χ2n) is 4.36. The van der Waals surface area contributed by atoms with Crippen molar-refractivity contribution in [3.8, 4) is 0 Å². The fourth-order valence-electron chi connectivity index (χ4n) is 1.43. The van der Waals surface area contributed by atoms with Gasteiger partial charge in [-0.1, -0.05) is 27.2 Å². The molecule has 0 fully saturated rings. The number of nitrogens with zero attached hydrogens (tertiary/aromatic N) is 2. The van der Waals surface area contributed by atoms with E-state index >= 15 is 0 Å². The molecule has 90 valence electrons. The summed E-state index contributed by atoms with van der Waals surface area (Å²) in [6.45, 7) is 8.08. The zero-order valence-electron chi connectivity index (χ0n) is 10.4. The van der Waals surface area contributed by atoms with E-state index in [1.165, 1.54) is 0 Å². The molecule has 0 aliphatic heterocycles. The van der Waals surface area contributed by atoms with Crippen LogP contribution in [0.2, 0.25) is 0 Å². The van der Waals surface area contributed by atoms with E-state index in [-0.39, 0.29) is 23.7 Å². The lowest BCUT2D eigenvalue weighted by Crippen LogP contribution is -2.33. The summed E-state index contributed by atoms with van der Waals surface area (Å²) >= 11 is 0. The van der Waals surface area contributed by atoms with Gasteiger partial charge in [-0.05, 0) is 13.3 Å². The molecule has 0 aliphatic carbocycles. The van der Waals surface area contributed by atoms with Crippen molar-refractivity contribution in [3.63, 3.8) is 0 Å². The summed E-state index contributed by atoms with van der Waals surface area (Å²) in [6.07, 6.45) is 2.01. The molecule has 0 aromatic carbocycles. The van der Waals surface area contributed by atoms with Gasteiger partial charge in [-0.25, -0.2) is 4.98 Å². The van der Waals surface area contributed by atoms with Crippen molar-refractivity contribution in [3.05, 3.63) is 11.6 Å². The van der Waals surface area contributed by atoms with Crippen molar-refractivity contribution in [2.45, 2.75) is 52.5 Å². The molecule has 0 aliphatic rings. The number of rotatable bonds is 5. The molecular weight excluding hydrogens is 204 g/mol. The van der Waals surface area contributed by atoms with E-state index in [2.05, 4.69) is 27.4 Å². The Kier molecular flexibility index (Phi) is 4.46. The van der Waals surface area contributed by atoms with Gasteiger partial charge in [0.2, 0.25) is 5.82 Å². The maximum absolute atomic E-state index is 11.7. The highest BCUT2D eigenvalue weighted by molar-refractivity contribution is 5.90. The van der Waals surface area contributed by atoms with Crippen molar-refractivity contribution in [2.24, 2.45) is 0 Å². The third kappa shape index (κ3) is 3.32. The second kappa shape index (κ2) is 5.63. The summed E-state index contributed by atoms with van der Waals surface area (Å²) < 4.78 is 0. The monoisotopic (exact) mass is 224 g/mol. The van der Waals surface area contributed by atoms with Crippen molar-refractivity contribution >= 4 is 5.91 Å². The quantitative estimate of drug-likeness (QED) is 0.801. The van der Waals surface area contributed by atoms with Crippen LogP contribution < -0.4 is 5.32 Å². The summed E-state index contributed by atoms with van der Waals surface area (Å²) in [7, 11) is 0. The van der Waals surface area contributed by atoms with Gasteiger partial charge in [-0.15, -0.1) is 5.10 Å². The number of hydrogen-bond donors (Lipinski definition) is 2. The highest BCUT2D eigenvalue weighted by Crippen LogP contribution is 2.07. The zero-order valence-corrected chi connectivity index (χ0v) is 10.4. The van der Waals surface area contributed by atoms with Gasteiger partial charge in [0, 0.05) is 12.0 Å². The van der Waals surface area contributed by atoms with Crippen LogP contribution in [0, 0.1) is 0 Å². The van der Waals surface area contributed by atoms with Crippen LogP contribution in [-0.4, -0.2) is 27.1 Å². The van der Waals surface area contributed by atoms with E-state index in [9.17, 15) is 4.79 Å². The lowest BCUT2D eigenvalue weighted by molar-refractivity contribution is 0.0928. The number of carbonyl (C=O) groups is 1. The van der Waals surface area contributed by atoms with Crippen LogP contribution in [0.5, 0.6) is 0 Å². The molecular formula is C11H20N4O. The Morgan fingerprint density at radius 3 is 2.62 bits per heavy atom. The van der Waals surface area contributed by atoms with Crippen LogP contribution in [0.4, 0.5) is 0 Å². The lowest BCUT2D eigenvalue weighted by atomic mass is 10.2. The molecule has 1 atom stereocenters. The van der Waals surface area contributed by atoms with Crippen LogP contribution in [0.15, 0.2) is 0 Å². The SMILES string of the molecule is CCCC(C)NC(=O)c1n[nH]c(C(C)C)n1. The van der Waals surface area contributed by atoms with Crippen LogP contribution >= 0.6 is 0 Å². The van der Waals surface area contributed by atoms with Crippen LogP contribution in [-0.2, 0) is 0 Å². The average molecular weight is 224 g/mol. The number of H-pyrrole nitrogens is 1. The Morgan fingerprint density at radius 1 is 1.44 bits per heavy atom. The van der Waals surface area contributed by atoms with Gasteiger partial charge >= 0.3 is 0 Å². The number of aromatic nitrogens is 3. The first kappa shape index (κ1) is 12.7. The van der Waals surface area contributed by atoms with Gasteiger partial charge < -0.3 is 5.32 Å². The number of carbonyl (C=O) groups excluding carboxylic acids is 1. The first-order valence-corrected chi connectivity index (χ1v) is 5.77. The van der Waals surface area contributed by atoms with Gasteiger partial charge in [0.1, 0.15) is 5.82 Å². The molecule has 16 heavy (non-hydrogen) atoms. The minimum Gasteiger partial charge on any atom is -0.347 e.